The van der Waals surface area contributed by atoms with Crippen molar-refractivity contribution in [3.63, 3.8) is 0 Å². The lowest BCUT2D eigenvalue weighted by molar-refractivity contribution is -0.132. The molecule has 1 rings (SSSR count). The van der Waals surface area contributed by atoms with E-state index in [1.165, 1.54) is 0 Å². The number of carbonyl (C=O) groups excluding carboxylic acids is 1. The van der Waals surface area contributed by atoms with Crippen LogP contribution >= 0.6 is 11.8 Å². The Kier molecular flexibility index (Phi) is 6.92. The summed E-state index contributed by atoms with van der Waals surface area (Å²) >= 11 is 1.79. The monoisotopic (exact) mass is 260 g/mol. The highest BCUT2D eigenvalue weighted by Gasteiger charge is 2.22. The van der Waals surface area contributed by atoms with E-state index in [0.29, 0.717) is 19.1 Å². The van der Waals surface area contributed by atoms with Gasteiger partial charge in [0.2, 0.25) is 5.91 Å². The van der Waals surface area contributed by atoms with Gasteiger partial charge in [-0.25, -0.2) is 0 Å². The van der Waals surface area contributed by atoms with Crippen LogP contribution in [0.1, 0.15) is 19.8 Å². The smallest absolute Gasteiger partial charge is 0.224 e. The quantitative estimate of drug-likeness (QED) is 0.772. The summed E-state index contributed by atoms with van der Waals surface area (Å²) < 4.78 is 5.36. The average molecular weight is 260 g/mol. The van der Waals surface area contributed by atoms with E-state index in [1.807, 2.05) is 11.9 Å². The average Bonchev–Trinajstić information content (AvgIpc) is 2.36. The Morgan fingerprint density at radius 1 is 1.65 bits per heavy atom. The second-order valence-electron chi connectivity index (χ2n) is 4.45. The molecule has 0 bridgehead atoms. The molecule has 0 radical (unpaired) electrons. The first-order chi connectivity index (χ1) is 8.19. The van der Waals surface area contributed by atoms with E-state index in [1.54, 1.807) is 11.8 Å². The maximum absolute atomic E-state index is 12.1. The second kappa shape index (κ2) is 7.95. The molecule has 2 unspecified atom stereocenters. The molecular formula is C12H24N2O2S. The minimum Gasteiger partial charge on any atom is -0.378 e. The SMILES string of the molecule is CCC(CSC)N(C)C(=O)CC1COCCN1. The number of ether oxygens (including phenoxy) is 1. The van der Waals surface area contributed by atoms with Crippen molar-refractivity contribution in [3.05, 3.63) is 0 Å². The standard InChI is InChI=1S/C12H24N2O2S/c1-4-11(9-17-3)14(2)12(15)7-10-8-16-6-5-13-10/h10-11,13H,4-9H2,1-3H3. The van der Waals surface area contributed by atoms with E-state index in [0.717, 1.165) is 25.3 Å². The molecule has 0 aromatic rings. The lowest BCUT2D eigenvalue weighted by Crippen LogP contribution is -2.46. The van der Waals surface area contributed by atoms with Gasteiger partial charge < -0.3 is 15.0 Å². The molecule has 4 nitrogen and oxygen atoms in total. The Morgan fingerprint density at radius 2 is 2.41 bits per heavy atom. The fourth-order valence-corrected chi connectivity index (χ4v) is 2.85. The van der Waals surface area contributed by atoms with Crippen LogP contribution in [0, 0.1) is 0 Å². The van der Waals surface area contributed by atoms with Crippen LogP contribution in [0.4, 0.5) is 0 Å². The summed E-state index contributed by atoms with van der Waals surface area (Å²) in [6.45, 7) is 4.39. The van der Waals surface area contributed by atoms with E-state index in [9.17, 15) is 4.79 Å². The van der Waals surface area contributed by atoms with Crippen LogP contribution < -0.4 is 5.32 Å². The molecule has 2 atom stereocenters. The van der Waals surface area contributed by atoms with Crippen molar-refractivity contribution < 1.29 is 9.53 Å². The first-order valence-electron chi connectivity index (χ1n) is 6.24. The molecule has 0 aromatic heterocycles. The predicted molar refractivity (Wildman–Crippen MR) is 72.5 cm³/mol. The number of nitrogens with one attached hydrogen (secondary N) is 1. The molecule has 0 saturated carbocycles. The third-order valence-electron chi connectivity index (χ3n) is 3.19. The van der Waals surface area contributed by atoms with Gasteiger partial charge in [0, 0.05) is 37.8 Å². The number of rotatable bonds is 6. The van der Waals surface area contributed by atoms with Crippen LogP contribution in [-0.2, 0) is 9.53 Å². The van der Waals surface area contributed by atoms with Gasteiger partial charge >= 0.3 is 0 Å². The molecule has 1 aliphatic heterocycles. The summed E-state index contributed by atoms with van der Waals surface area (Å²) in [5.41, 5.74) is 0. The number of hydrogen-bond acceptors (Lipinski definition) is 4. The van der Waals surface area contributed by atoms with E-state index in [-0.39, 0.29) is 11.9 Å². The second-order valence-corrected chi connectivity index (χ2v) is 5.36. The minimum atomic E-state index is 0.186. The lowest BCUT2D eigenvalue weighted by atomic mass is 10.1. The Hall–Kier alpha value is -0.260. The van der Waals surface area contributed by atoms with Gasteiger partial charge in [-0.2, -0.15) is 11.8 Å². The summed E-state index contributed by atoms with van der Waals surface area (Å²) in [5, 5.41) is 3.32. The lowest BCUT2D eigenvalue weighted by Gasteiger charge is -2.30. The van der Waals surface area contributed by atoms with E-state index < -0.39 is 0 Å². The zero-order valence-electron chi connectivity index (χ0n) is 11.1. The highest BCUT2D eigenvalue weighted by molar-refractivity contribution is 7.98. The zero-order chi connectivity index (χ0) is 12.7. The maximum Gasteiger partial charge on any atom is 0.224 e. The number of thioether (sulfide) groups is 1. The molecule has 0 aliphatic carbocycles. The van der Waals surface area contributed by atoms with Gasteiger partial charge in [0.1, 0.15) is 0 Å². The number of carbonyl (C=O) groups is 1. The van der Waals surface area contributed by atoms with Crippen molar-refractivity contribution >= 4 is 17.7 Å². The van der Waals surface area contributed by atoms with Crippen molar-refractivity contribution in [2.24, 2.45) is 0 Å². The molecule has 1 heterocycles. The first-order valence-corrected chi connectivity index (χ1v) is 7.64. The summed E-state index contributed by atoms with van der Waals surface area (Å²) in [5.74, 6) is 1.22. The van der Waals surface area contributed by atoms with Crippen LogP contribution in [0.3, 0.4) is 0 Å². The molecule has 1 saturated heterocycles. The van der Waals surface area contributed by atoms with E-state index >= 15 is 0 Å². The number of hydrogen-bond donors (Lipinski definition) is 1. The van der Waals surface area contributed by atoms with Crippen LogP contribution in [0.25, 0.3) is 0 Å². The third-order valence-corrected chi connectivity index (χ3v) is 3.91. The molecule has 5 heteroatoms. The van der Waals surface area contributed by atoms with Crippen LogP contribution in [0.5, 0.6) is 0 Å². The van der Waals surface area contributed by atoms with Gasteiger partial charge in [-0.1, -0.05) is 6.92 Å². The minimum absolute atomic E-state index is 0.186. The fourth-order valence-electron chi connectivity index (χ4n) is 2.01. The van der Waals surface area contributed by atoms with Crippen molar-refractivity contribution in [2.45, 2.75) is 31.8 Å². The maximum atomic E-state index is 12.1. The molecule has 17 heavy (non-hydrogen) atoms. The van der Waals surface area contributed by atoms with Gasteiger partial charge in [-0.15, -0.1) is 0 Å². The Labute approximate surface area is 108 Å². The Balaban J connectivity index is 2.38. The highest BCUT2D eigenvalue weighted by Crippen LogP contribution is 2.11. The van der Waals surface area contributed by atoms with Crippen LogP contribution in [0.2, 0.25) is 0 Å². The van der Waals surface area contributed by atoms with Gasteiger partial charge in [0.25, 0.3) is 0 Å². The summed E-state index contributed by atoms with van der Waals surface area (Å²) in [6.07, 6.45) is 3.64. The molecule has 1 amide bonds. The first kappa shape index (κ1) is 14.8. The number of amides is 1. The summed E-state index contributed by atoms with van der Waals surface area (Å²) in [6, 6.07) is 0.535. The topological polar surface area (TPSA) is 41.6 Å². The number of morpholine rings is 1. The molecule has 1 aliphatic rings. The van der Waals surface area contributed by atoms with Gasteiger partial charge in [-0.05, 0) is 12.7 Å². The molecule has 1 N–H and O–H groups in total. The van der Waals surface area contributed by atoms with Gasteiger partial charge in [0.15, 0.2) is 0 Å². The van der Waals surface area contributed by atoms with Crippen molar-refractivity contribution in [2.75, 3.05) is 38.8 Å². The molecule has 0 spiro atoms. The largest absolute Gasteiger partial charge is 0.378 e. The van der Waals surface area contributed by atoms with E-state index in [2.05, 4.69) is 18.5 Å². The zero-order valence-corrected chi connectivity index (χ0v) is 11.9. The van der Waals surface area contributed by atoms with Crippen molar-refractivity contribution in [3.8, 4) is 0 Å². The molecule has 1 fully saturated rings. The van der Waals surface area contributed by atoms with Gasteiger partial charge in [0.05, 0.1) is 13.2 Å². The fraction of sp³-hybridized carbons (Fsp3) is 0.917. The van der Waals surface area contributed by atoms with Gasteiger partial charge in [-0.3, -0.25) is 4.79 Å². The molecule has 100 valence electrons. The van der Waals surface area contributed by atoms with Crippen LogP contribution in [0.15, 0.2) is 0 Å². The third kappa shape index (κ3) is 4.85. The van der Waals surface area contributed by atoms with Crippen molar-refractivity contribution in [1.29, 1.82) is 0 Å². The Morgan fingerprint density at radius 3 is 2.94 bits per heavy atom. The van der Waals surface area contributed by atoms with Crippen molar-refractivity contribution in [1.82, 2.24) is 10.2 Å². The summed E-state index contributed by atoms with van der Waals surface area (Å²) in [7, 11) is 1.91. The summed E-state index contributed by atoms with van der Waals surface area (Å²) in [4.78, 5) is 14.0. The predicted octanol–water partition coefficient (Wildman–Crippen LogP) is 0.965. The Bertz CT molecular complexity index is 233. The van der Waals surface area contributed by atoms with Crippen LogP contribution in [-0.4, -0.2) is 61.7 Å². The molecular weight excluding hydrogens is 236 g/mol. The number of nitrogens with zero attached hydrogens (tertiary/aromatic N) is 1. The normalized spacial score (nSPS) is 22.2. The van der Waals surface area contributed by atoms with E-state index in [4.69, 9.17) is 4.74 Å². The highest BCUT2D eigenvalue weighted by atomic mass is 32.2. The molecule has 0 aromatic carbocycles.